The first-order chi connectivity index (χ1) is 8.20. The highest BCUT2D eigenvalue weighted by Crippen LogP contribution is 2.27. The number of nitrogen functional groups attached to an aromatic ring is 1. The molecule has 17 heavy (non-hydrogen) atoms. The number of anilines is 3. The normalized spacial score (nSPS) is 9.65. The highest BCUT2D eigenvalue weighted by atomic mass is 79.9. The Kier molecular flexibility index (Phi) is 3.26. The van der Waals surface area contributed by atoms with E-state index in [1.54, 1.807) is 6.07 Å². The number of para-hydroxylation sites is 1. The maximum absolute atomic E-state index is 8.71. The van der Waals surface area contributed by atoms with E-state index in [9.17, 15) is 0 Å². The van der Waals surface area contributed by atoms with Crippen molar-refractivity contribution >= 4 is 33.1 Å². The zero-order valence-electron chi connectivity index (χ0n) is 8.81. The van der Waals surface area contributed by atoms with Gasteiger partial charge in [-0.25, -0.2) is 4.98 Å². The molecule has 2 rings (SSSR count). The number of benzene rings is 1. The van der Waals surface area contributed by atoms with E-state index in [4.69, 9.17) is 11.0 Å². The number of nitriles is 1. The summed E-state index contributed by atoms with van der Waals surface area (Å²) in [7, 11) is 0. The van der Waals surface area contributed by atoms with Gasteiger partial charge >= 0.3 is 0 Å². The summed E-state index contributed by atoms with van der Waals surface area (Å²) in [6, 6.07) is 11.2. The number of nitrogens with two attached hydrogens (primary N) is 1. The van der Waals surface area contributed by atoms with Crippen molar-refractivity contribution in [2.75, 3.05) is 11.1 Å². The zero-order valence-corrected chi connectivity index (χ0v) is 10.4. The van der Waals surface area contributed by atoms with Crippen LogP contribution in [-0.2, 0) is 0 Å². The zero-order chi connectivity index (χ0) is 12.3. The van der Waals surface area contributed by atoms with Gasteiger partial charge in [0.2, 0.25) is 0 Å². The number of hydrogen-bond acceptors (Lipinski definition) is 4. The molecular weight excluding hydrogens is 280 g/mol. The summed E-state index contributed by atoms with van der Waals surface area (Å²) in [6.07, 6.45) is 1.48. The number of nitrogens with zero attached hydrogens (tertiary/aromatic N) is 2. The molecule has 2 aromatic rings. The van der Waals surface area contributed by atoms with Gasteiger partial charge in [0.1, 0.15) is 6.07 Å². The minimum Gasteiger partial charge on any atom is -0.396 e. The first-order valence-electron chi connectivity index (χ1n) is 4.88. The third kappa shape index (κ3) is 2.55. The van der Waals surface area contributed by atoms with Crippen LogP contribution in [0.4, 0.5) is 17.2 Å². The van der Waals surface area contributed by atoms with Crippen LogP contribution < -0.4 is 11.1 Å². The van der Waals surface area contributed by atoms with Crippen molar-refractivity contribution in [3.63, 3.8) is 0 Å². The van der Waals surface area contributed by atoms with Crippen LogP contribution in [0.15, 0.2) is 41.0 Å². The van der Waals surface area contributed by atoms with Gasteiger partial charge in [-0.1, -0.05) is 12.1 Å². The lowest BCUT2D eigenvalue weighted by molar-refractivity contribution is 1.29. The summed E-state index contributed by atoms with van der Waals surface area (Å²) in [5.41, 5.74) is 7.56. The van der Waals surface area contributed by atoms with E-state index in [1.165, 1.54) is 6.20 Å². The molecule has 0 amide bonds. The largest absolute Gasteiger partial charge is 0.396 e. The van der Waals surface area contributed by atoms with Gasteiger partial charge in [-0.05, 0) is 34.1 Å². The minimum atomic E-state index is 0.444. The highest BCUT2D eigenvalue weighted by Gasteiger charge is 2.04. The molecule has 1 aromatic heterocycles. The maximum Gasteiger partial charge on any atom is 0.153 e. The molecule has 4 nitrogen and oxygen atoms in total. The molecule has 0 fully saturated rings. The molecule has 3 N–H and O–H groups in total. The van der Waals surface area contributed by atoms with Crippen LogP contribution in [0.5, 0.6) is 0 Å². The number of hydrogen-bond donors (Lipinski definition) is 2. The Hall–Kier alpha value is -2.06. The van der Waals surface area contributed by atoms with Gasteiger partial charge < -0.3 is 11.1 Å². The maximum atomic E-state index is 8.71. The second kappa shape index (κ2) is 4.85. The number of rotatable bonds is 2. The monoisotopic (exact) mass is 288 g/mol. The quantitative estimate of drug-likeness (QED) is 0.891. The van der Waals surface area contributed by atoms with Crippen molar-refractivity contribution in [3.05, 3.63) is 46.6 Å². The highest BCUT2D eigenvalue weighted by molar-refractivity contribution is 9.10. The van der Waals surface area contributed by atoms with Crippen molar-refractivity contribution in [1.29, 1.82) is 5.26 Å². The van der Waals surface area contributed by atoms with Gasteiger partial charge in [0, 0.05) is 10.7 Å². The SMILES string of the molecule is N#Cc1cnc(Nc2ccccc2Br)c(N)c1. The lowest BCUT2D eigenvalue weighted by Crippen LogP contribution is -2.00. The van der Waals surface area contributed by atoms with Gasteiger partial charge in [-0.15, -0.1) is 0 Å². The Morgan fingerprint density at radius 3 is 2.76 bits per heavy atom. The Bertz CT molecular complexity index is 589. The van der Waals surface area contributed by atoms with Crippen LogP contribution in [0.25, 0.3) is 0 Å². The second-order valence-corrected chi connectivity index (χ2v) is 4.23. The molecule has 1 heterocycles. The van der Waals surface area contributed by atoms with E-state index in [1.807, 2.05) is 30.3 Å². The molecule has 0 saturated carbocycles. The summed E-state index contributed by atoms with van der Waals surface area (Å²) in [5, 5.41) is 11.8. The Balaban J connectivity index is 2.32. The first-order valence-corrected chi connectivity index (χ1v) is 5.67. The number of aromatic nitrogens is 1. The molecule has 5 heteroatoms. The third-order valence-corrected chi connectivity index (χ3v) is 2.86. The Labute approximate surface area is 107 Å². The van der Waals surface area contributed by atoms with E-state index < -0.39 is 0 Å². The van der Waals surface area contributed by atoms with E-state index >= 15 is 0 Å². The lowest BCUT2D eigenvalue weighted by atomic mass is 10.2. The molecule has 0 saturated heterocycles. The van der Waals surface area contributed by atoms with Gasteiger partial charge in [-0.3, -0.25) is 0 Å². The Morgan fingerprint density at radius 2 is 2.12 bits per heavy atom. The predicted molar refractivity (Wildman–Crippen MR) is 70.8 cm³/mol. The summed E-state index contributed by atoms with van der Waals surface area (Å²) < 4.78 is 0.922. The van der Waals surface area contributed by atoms with Crippen LogP contribution in [0.1, 0.15) is 5.56 Å². The molecule has 0 spiro atoms. The average molecular weight is 289 g/mol. The predicted octanol–water partition coefficient (Wildman–Crippen LogP) is 3.04. The van der Waals surface area contributed by atoms with Gasteiger partial charge in [0.25, 0.3) is 0 Å². The fourth-order valence-corrected chi connectivity index (χ4v) is 1.72. The minimum absolute atomic E-state index is 0.444. The molecule has 0 atom stereocenters. The van der Waals surface area contributed by atoms with Gasteiger partial charge in [0.15, 0.2) is 5.82 Å². The van der Waals surface area contributed by atoms with Crippen molar-refractivity contribution in [2.24, 2.45) is 0 Å². The number of halogens is 1. The van der Waals surface area contributed by atoms with Crippen LogP contribution in [0.3, 0.4) is 0 Å². The molecule has 0 aliphatic carbocycles. The van der Waals surface area contributed by atoms with E-state index in [0.717, 1.165) is 10.2 Å². The fraction of sp³-hybridized carbons (Fsp3) is 0. The first kappa shape index (κ1) is 11.4. The summed E-state index contributed by atoms with van der Waals surface area (Å²) in [6.45, 7) is 0. The van der Waals surface area contributed by atoms with E-state index in [-0.39, 0.29) is 0 Å². The summed E-state index contributed by atoms with van der Waals surface area (Å²) in [5.74, 6) is 0.538. The summed E-state index contributed by atoms with van der Waals surface area (Å²) >= 11 is 3.42. The topological polar surface area (TPSA) is 74.7 Å². The van der Waals surface area contributed by atoms with Crippen LogP contribution in [-0.4, -0.2) is 4.98 Å². The molecule has 1 aromatic carbocycles. The molecule has 0 radical (unpaired) electrons. The van der Waals surface area contributed by atoms with Gasteiger partial charge in [0.05, 0.1) is 16.9 Å². The molecule has 0 aliphatic rings. The van der Waals surface area contributed by atoms with E-state index in [2.05, 4.69) is 26.2 Å². The van der Waals surface area contributed by atoms with Gasteiger partial charge in [-0.2, -0.15) is 5.26 Å². The molecule has 0 unspecified atom stereocenters. The van der Waals surface area contributed by atoms with Crippen LogP contribution in [0, 0.1) is 11.3 Å². The van der Waals surface area contributed by atoms with E-state index in [0.29, 0.717) is 17.1 Å². The average Bonchev–Trinajstić information content (AvgIpc) is 2.34. The number of nitrogens with one attached hydrogen (secondary N) is 1. The van der Waals surface area contributed by atoms with Crippen LogP contribution in [0.2, 0.25) is 0 Å². The Morgan fingerprint density at radius 1 is 1.35 bits per heavy atom. The lowest BCUT2D eigenvalue weighted by Gasteiger charge is -2.09. The van der Waals surface area contributed by atoms with Crippen molar-refractivity contribution in [3.8, 4) is 6.07 Å². The number of pyridine rings is 1. The van der Waals surface area contributed by atoms with Crippen molar-refractivity contribution in [1.82, 2.24) is 4.98 Å². The fourth-order valence-electron chi connectivity index (χ4n) is 1.34. The molecule has 0 bridgehead atoms. The summed E-state index contributed by atoms with van der Waals surface area (Å²) in [4.78, 5) is 4.11. The van der Waals surface area contributed by atoms with Crippen LogP contribution >= 0.6 is 15.9 Å². The molecule has 84 valence electrons. The van der Waals surface area contributed by atoms with Crippen molar-refractivity contribution < 1.29 is 0 Å². The van der Waals surface area contributed by atoms with Crippen molar-refractivity contribution in [2.45, 2.75) is 0 Å². The molecule has 0 aliphatic heterocycles. The second-order valence-electron chi connectivity index (χ2n) is 3.38. The molecular formula is C12H9BrN4. The third-order valence-electron chi connectivity index (χ3n) is 2.17. The standard InChI is InChI=1S/C12H9BrN4/c13-9-3-1-2-4-11(9)17-12-10(15)5-8(6-14)7-16-12/h1-5,7H,15H2,(H,16,17). The smallest absolute Gasteiger partial charge is 0.153 e.